The van der Waals surface area contributed by atoms with Gasteiger partial charge in [0.1, 0.15) is 12.4 Å². The third-order valence-corrected chi connectivity index (χ3v) is 6.36. The minimum atomic E-state index is -0.786. The van der Waals surface area contributed by atoms with Crippen molar-refractivity contribution in [1.29, 1.82) is 0 Å². The minimum Gasteiger partial charge on any atom is -0.485 e. The van der Waals surface area contributed by atoms with E-state index < -0.39 is 6.10 Å². The summed E-state index contributed by atoms with van der Waals surface area (Å²) < 4.78 is 18.1. The molecule has 0 fully saturated rings. The predicted octanol–water partition coefficient (Wildman–Crippen LogP) is 5.22. The number of carbonyl (C=O) groups is 1. The fourth-order valence-corrected chi connectivity index (χ4v) is 4.50. The summed E-state index contributed by atoms with van der Waals surface area (Å²) >= 11 is 7.68. The number of halogens is 1. The summed E-state index contributed by atoms with van der Waals surface area (Å²) in [5, 5.41) is 1.20. The molecule has 0 radical (unpaired) electrons. The number of hydrogen-bond donors (Lipinski definition) is 0. The van der Waals surface area contributed by atoms with E-state index in [1.54, 1.807) is 23.3 Å². The Morgan fingerprint density at radius 2 is 2.03 bits per heavy atom. The molecule has 5 rings (SSSR count). The maximum absolute atomic E-state index is 13.5. The first kappa shape index (κ1) is 19.0. The first-order valence-corrected chi connectivity index (χ1v) is 10.6. The molecule has 3 heterocycles. The number of aryl methyl sites for hydroxylation is 1. The van der Waals surface area contributed by atoms with Crippen LogP contribution in [0.1, 0.15) is 11.3 Å². The number of furan rings is 1. The summed E-state index contributed by atoms with van der Waals surface area (Å²) in [4.78, 5) is 19.8. The van der Waals surface area contributed by atoms with Gasteiger partial charge in [-0.1, -0.05) is 35.1 Å². The summed E-state index contributed by atoms with van der Waals surface area (Å²) in [6, 6.07) is 14.7. The molecule has 0 saturated carbocycles. The molecule has 8 heteroatoms. The molecule has 2 aromatic heterocycles. The van der Waals surface area contributed by atoms with E-state index in [4.69, 9.17) is 30.5 Å². The molecular formula is C22H17ClN2O4S. The van der Waals surface area contributed by atoms with Gasteiger partial charge in [-0.2, -0.15) is 0 Å². The summed E-state index contributed by atoms with van der Waals surface area (Å²) in [7, 11) is 0. The van der Waals surface area contributed by atoms with Crippen molar-refractivity contribution in [1.82, 2.24) is 4.98 Å². The molecule has 1 aliphatic rings. The Labute approximate surface area is 181 Å². The molecule has 152 valence electrons. The third-order valence-electron chi connectivity index (χ3n) is 4.91. The van der Waals surface area contributed by atoms with Gasteiger partial charge in [-0.05, 0) is 48.9 Å². The van der Waals surface area contributed by atoms with Crippen molar-refractivity contribution in [2.75, 3.05) is 11.5 Å². The lowest BCUT2D eigenvalue weighted by molar-refractivity contribution is -0.127. The van der Waals surface area contributed by atoms with Crippen LogP contribution in [-0.2, 0) is 11.3 Å². The number of amides is 1. The number of benzene rings is 2. The summed E-state index contributed by atoms with van der Waals surface area (Å²) in [5.74, 6) is 1.58. The molecule has 0 saturated heterocycles. The lowest BCUT2D eigenvalue weighted by Crippen LogP contribution is -2.46. The van der Waals surface area contributed by atoms with Crippen LogP contribution >= 0.6 is 22.9 Å². The number of aromatic nitrogens is 1. The Kier molecular flexibility index (Phi) is 4.84. The zero-order valence-electron chi connectivity index (χ0n) is 16.0. The van der Waals surface area contributed by atoms with Crippen molar-refractivity contribution in [3.05, 3.63) is 71.1 Å². The highest BCUT2D eigenvalue weighted by atomic mass is 35.5. The van der Waals surface area contributed by atoms with Gasteiger partial charge in [0, 0.05) is 5.02 Å². The molecule has 6 nitrogen and oxygen atoms in total. The Balaban J connectivity index is 1.51. The number of anilines is 1. The smallest absolute Gasteiger partial charge is 0.273 e. The number of ether oxygens (including phenoxy) is 2. The average Bonchev–Trinajstić information content (AvgIpc) is 3.44. The van der Waals surface area contributed by atoms with E-state index in [0.29, 0.717) is 27.4 Å². The van der Waals surface area contributed by atoms with Crippen molar-refractivity contribution in [3.8, 4) is 11.5 Å². The van der Waals surface area contributed by atoms with Crippen LogP contribution in [-0.4, -0.2) is 23.6 Å². The zero-order chi connectivity index (χ0) is 20.7. The fourth-order valence-electron chi connectivity index (χ4n) is 3.32. The monoisotopic (exact) mass is 440 g/mol. The molecule has 0 spiro atoms. The lowest BCUT2D eigenvalue weighted by atomic mass is 10.2. The molecule has 1 aliphatic heterocycles. The summed E-state index contributed by atoms with van der Waals surface area (Å²) in [5.41, 5.74) is 1.67. The van der Waals surface area contributed by atoms with Gasteiger partial charge in [-0.3, -0.25) is 9.69 Å². The normalized spacial score (nSPS) is 15.3. The first-order chi connectivity index (χ1) is 14.6. The first-order valence-electron chi connectivity index (χ1n) is 9.38. The SMILES string of the molecule is Cc1c(Cl)ccc2sc(N(Cc3ccco3)C(=O)C3COc4ccccc4O3)nc12. The van der Waals surface area contributed by atoms with E-state index in [0.717, 1.165) is 15.8 Å². The molecular weight excluding hydrogens is 424 g/mol. The van der Waals surface area contributed by atoms with Crippen molar-refractivity contribution in [3.63, 3.8) is 0 Å². The number of thiazole rings is 1. The van der Waals surface area contributed by atoms with Crippen molar-refractivity contribution < 1.29 is 18.7 Å². The van der Waals surface area contributed by atoms with Crippen molar-refractivity contribution in [2.24, 2.45) is 0 Å². The van der Waals surface area contributed by atoms with Gasteiger partial charge < -0.3 is 13.9 Å². The number of fused-ring (bicyclic) bond motifs is 2. The number of nitrogens with zero attached hydrogens (tertiary/aromatic N) is 2. The van der Waals surface area contributed by atoms with Gasteiger partial charge in [0.15, 0.2) is 16.6 Å². The highest BCUT2D eigenvalue weighted by Gasteiger charge is 2.33. The standard InChI is InChI=1S/C22H17ClN2O4S/c1-13-15(23)8-9-19-20(13)24-22(30-19)25(11-14-5-4-10-27-14)21(26)18-12-28-16-6-2-3-7-17(16)29-18/h2-10,18H,11-12H2,1H3. The minimum absolute atomic E-state index is 0.125. The molecule has 0 N–H and O–H groups in total. The molecule has 4 aromatic rings. The fraction of sp³-hybridized carbons (Fsp3) is 0.182. The van der Waals surface area contributed by atoms with E-state index >= 15 is 0 Å². The Morgan fingerprint density at radius 3 is 2.83 bits per heavy atom. The van der Waals surface area contributed by atoms with E-state index in [9.17, 15) is 4.79 Å². The number of hydrogen-bond acceptors (Lipinski definition) is 6. The van der Waals surface area contributed by atoms with Crippen LogP contribution in [0.5, 0.6) is 11.5 Å². The van der Waals surface area contributed by atoms with Crippen LogP contribution in [0.4, 0.5) is 5.13 Å². The highest BCUT2D eigenvalue weighted by Crippen LogP contribution is 2.36. The molecule has 30 heavy (non-hydrogen) atoms. The van der Waals surface area contributed by atoms with Crippen LogP contribution < -0.4 is 14.4 Å². The highest BCUT2D eigenvalue weighted by molar-refractivity contribution is 7.22. The molecule has 0 aliphatic carbocycles. The molecule has 1 atom stereocenters. The molecule has 0 bridgehead atoms. The second kappa shape index (κ2) is 7.66. The van der Waals surface area contributed by atoms with Gasteiger partial charge >= 0.3 is 0 Å². The molecule has 2 aromatic carbocycles. The second-order valence-corrected chi connectivity index (χ2v) is 8.30. The number of para-hydroxylation sites is 2. The predicted molar refractivity (Wildman–Crippen MR) is 116 cm³/mol. The average molecular weight is 441 g/mol. The van der Waals surface area contributed by atoms with E-state index in [1.165, 1.54) is 11.3 Å². The maximum atomic E-state index is 13.5. The number of carbonyl (C=O) groups excluding carboxylic acids is 1. The van der Waals surface area contributed by atoms with Crippen molar-refractivity contribution in [2.45, 2.75) is 19.6 Å². The second-order valence-electron chi connectivity index (χ2n) is 6.88. The topological polar surface area (TPSA) is 64.8 Å². The molecule has 1 unspecified atom stereocenters. The Morgan fingerprint density at radius 1 is 1.20 bits per heavy atom. The molecule has 1 amide bonds. The van der Waals surface area contributed by atoms with Crippen LogP contribution in [0.3, 0.4) is 0 Å². The van der Waals surface area contributed by atoms with Crippen LogP contribution in [0.15, 0.2) is 59.2 Å². The van der Waals surface area contributed by atoms with Gasteiger partial charge in [0.05, 0.1) is 23.0 Å². The maximum Gasteiger partial charge on any atom is 0.273 e. The van der Waals surface area contributed by atoms with Crippen LogP contribution in [0.25, 0.3) is 10.2 Å². The van der Waals surface area contributed by atoms with Gasteiger partial charge in [-0.25, -0.2) is 4.98 Å². The van der Waals surface area contributed by atoms with E-state index in [-0.39, 0.29) is 19.1 Å². The number of rotatable bonds is 4. The van der Waals surface area contributed by atoms with Crippen molar-refractivity contribution >= 4 is 44.2 Å². The van der Waals surface area contributed by atoms with E-state index in [1.807, 2.05) is 43.3 Å². The Hall–Kier alpha value is -3.03. The van der Waals surface area contributed by atoms with Gasteiger partial charge in [-0.15, -0.1) is 0 Å². The lowest BCUT2D eigenvalue weighted by Gasteiger charge is -2.29. The van der Waals surface area contributed by atoms with Gasteiger partial charge in [0.2, 0.25) is 6.10 Å². The summed E-state index contributed by atoms with van der Waals surface area (Å²) in [6.07, 6.45) is 0.794. The van der Waals surface area contributed by atoms with Gasteiger partial charge in [0.25, 0.3) is 5.91 Å². The largest absolute Gasteiger partial charge is 0.485 e. The van der Waals surface area contributed by atoms with Crippen LogP contribution in [0.2, 0.25) is 5.02 Å². The summed E-state index contributed by atoms with van der Waals surface area (Å²) in [6.45, 7) is 2.28. The van der Waals surface area contributed by atoms with E-state index in [2.05, 4.69) is 0 Å². The third kappa shape index (κ3) is 3.40. The van der Waals surface area contributed by atoms with Crippen LogP contribution in [0, 0.1) is 6.92 Å². The Bertz CT molecular complexity index is 1220. The zero-order valence-corrected chi connectivity index (χ0v) is 17.6. The quantitative estimate of drug-likeness (QED) is 0.435.